The fourth-order valence-corrected chi connectivity index (χ4v) is 17.6. The van der Waals surface area contributed by atoms with Gasteiger partial charge in [0.1, 0.15) is 0 Å². The summed E-state index contributed by atoms with van der Waals surface area (Å²) in [5.41, 5.74) is 0. The third kappa shape index (κ3) is 3.35. The molecule has 3 heterocycles. The van der Waals surface area contributed by atoms with E-state index in [1.165, 1.54) is 0 Å². The van der Waals surface area contributed by atoms with Crippen molar-refractivity contribution in [3.05, 3.63) is 0 Å². The summed E-state index contributed by atoms with van der Waals surface area (Å²) in [5, 5.41) is 3.26. The van der Waals surface area contributed by atoms with E-state index in [1.54, 1.807) is 0 Å². The van der Waals surface area contributed by atoms with Crippen LogP contribution in [0.5, 0.6) is 0 Å². The zero-order valence-corrected chi connectivity index (χ0v) is 15.1. The molecule has 0 aromatic carbocycles. The van der Waals surface area contributed by atoms with Crippen LogP contribution in [-0.2, 0) is 4.52 Å². The Labute approximate surface area is 128 Å². The molecule has 12 heteroatoms. The summed E-state index contributed by atoms with van der Waals surface area (Å²) in [6, 6.07) is 0. The molecule has 2 N–H and O–H groups in total. The van der Waals surface area contributed by atoms with Crippen LogP contribution in [0.2, 0.25) is 0 Å². The molecule has 0 saturated carbocycles. The van der Waals surface area contributed by atoms with Crippen LogP contribution < -0.4 is 9.95 Å². The summed E-state index contributed by atoms with van der Waals surface area (Å²) >= 11 is 19.4. The summed E-state index contributed by atoms with van der Waals surface area (Å²) in [6.45, 7) is 0.839. The van der Waals surface area contributed by atoms with Crippen molar-refractivity contribution in [3.8, 4) is 0 Å². The average Bonchev–Trinajstić information content (AvgIpc) is 2.80. The summed E-state index contributed by atoms with van der Waals surface area (Å²) in [6.07, 6.45) is 3.19. The van der Waals surface area contributed by atoms with Crippen LogP contribution in [0.1, 0.15) is 19.3 Å². The third-order valence-corrected chi connectivity index (χ3v) is 15.7. The Morgan fingerprint density at radius 1 is 1.11 bits per heavy atom. The third-order valence-electron chi connectivity index (χ3n) is 3.09. The van der Waals surface area contributed by atoms with Crippen molar-refractivity contribution in [2.45, 2.75) is 19.3 Å². The Bertz CT molecular complexity index is 471. The highest BCUT2D eigenvalue weighted by Crippen LogP contribution is 2.84. The number of nitrogens with zero attached hydrogens (tertiary/aromatic N) is 3. The van der Waals surface area contributed by atoms with Gasteiger partial charge in [-0.3, -0.25) is 0 Å². The van der Waals surface area contributed by atoms with E-state index in [0.717, 1.165) is 38.9 Å². The molecule has 110 valence electrons. The van der Waals surface area contributed by atoms with Gasteiger partial charge < -0.3 is 0 Å². The van der Waals surface area contributed by atoms with Crippen molar-refractivity contribution < 1.29 is 4.52 Å². The molecule has 3 aliphatic heterocycles. The molecule has 1 unspecified atom stereocenters. The Hall–Kier alpha value is 1.60. The molecule has 3 rings (SSSR count). The maximum atomic E-state index is 6.75. The van der Waals surface area contributed by atoms with Gasteiger partial charge in [-0.25, -0.2) is 4.67 Å². The fourth-order valence-electron chi connectivity index (χ4n) is 2.26. The minimum Gasteiger partial charge on any atom is -0.243 e. The predicted octanol–water partition coefficient (Wildman–Crippen LogP) is 4.98. The molecule has 2 fully saturated rings. The van der Waals surface area contributed by atoms with Gasteiger partial charge in [0.05, 0.1) is 6.61 Å². The molecule has 0 amide bonds. The van der Waals surface area contributed by atoms with Crippen LogP contribution in [0.3, 0.4) is 0 Å². The highest BCUT2D eigenvalue weighted by molar-refractivity contribution is 8.17. The van der Waals surface area contributed by atoms with E-state index in [-0.39, 0.29) is 0 Å². The van der Waals surface area contributed by atoms with Crippen LogP contribution in [0.25, 0.3) is 0 Å². The topological polar surface area (TPSA) is 61.2 Å². The Kier molecular flexibility index (Phi) is 4.62. The molecule has 6 nitrogen and oxygen atoms in total. The minimum absolute atomic E-state index is 0.623. The van der Waals surface area contributed by atoms with Crippen molar-refractivity contribution in [1.29, 1.82) is 0 Å². The molecule has 0 aromatic rings. The molecule has 1 spiro atoms. The molecule has 3 aliphatic rings. The molecule has 0 aromatic heterocycles. The number of nitrogens with one attached hydrogen (secondary N) is 2. The highest BCUT2D eigenvalue weighted by Gasteiger charge is 2.54. The zero-order valence-electron chi connectivity index (χ0n) is 10.2. The summed E-state index contributed by atoms with van der Waals surface area (Å²) < 4.78 is 17.1. The fraction of sp³-hybridized carbons (Fsp3) is 1.00. The van der Waals surface area contributed by atoms with Crippen molar-refractivity contribution >= 4 is 54.3 Å². The van der Waals surface area contributed by atoms with Gasteiger partial charge in [0.2, 0.25) is 6.71 Å². The maximum absolute atomic E-state index is 6.75. The summed E-state index contributed by atoms with van der Waals surface area (Å²) in [5.74, 6) is -2.68. The maximum Gasteiger partial charge on any atom is 0.466 e. The first-order chi connectivity index (χ1) is 8.93. The first-order valence-corrected chi connectivity index (χ1v) is 13.9. The van der Waals surface area contributed by atoms with E-state index in [2.05, 4.69) is 19.1 Å². The van der Waals surface area contributed by atoms with E-state index < -0.39 is 20.6 Å². The smallest absolute Gasteiger partial charge is 0.243 e. The van der Waals surface area contributed by atoms with Gasteiger partial charge >= 0.3 is 7.94 Å². The summed E-state index contributed by atoms with van der Waals surface area (Å²) in [4.78, 5) is 3.10. The monoisotopic (exact) mass is 384 g/mol. The van der Waals surface area contributed by atoms with Gasteiger partial charge in [-0.05, 0) is 62.0 Å². The van der Waals surface area contributed by atoms with Crippen LogP contribution >= 0.6 is 54.3 Å². The van der Waals surface area contributed by atoms with E-state index in [0.29, 0.717) is 6.61 Å². The lowest BCUT2D eigenvalue weighted by Gasteiger charge is -2.34. The van der Waals surface area contributed by atoms with Crippen LogP contribution in [-0.4, -0.2) is 30.9 Å². The molecule has 2 atom stereocenters. The van der Waals surface area contributed by atoms with Gasteiger partial charge in [-0.1, -0.05) is 0 Å². The van der Waals surface area contributed by atoms with Gasteiger partial charge in [0.25, 0.3) is 5.91 Å². The number of hydrogen-bond acceptors (Lipinski definition) is 6. The van der Waals surface area contributed by atoms with Crippen molar-refractivity contribution in [2.24, 2.45) is 9.03 Å². The molecule has 2 saturated heterocycles. The Morgan fingerprint density at radius 2 is 1.84 bits per heavy atom. The molecule has 0 bridgehead atoms. The second-order valence-corrected chi connectivity index (χ2v) is 15.9. The quantitative estimate of drug-likeness (QED) is 0.625. The Morgan fingerprint density at radius 3 is 2.47 bits per heavy atom. The largest absolute Gasteiger partial charge is 0.466 e. The normalized spacial score (nSPS) is 42.9. The van der Waals surface area contributed by atoms with Crippen molar-refractivity contribution in [1.82, 2.24) is 14.6 Å². The molecule has 19 heavy (non-hydrogen) atoms. The van der Waals surface area contributed by atoms with Crippen LogP contribution in [0.15, 0.2) is 9.03 Å². The van der Waals surface area contributed by atoms with Crippen molar-refractivity contribution in [3.63, 3.8) is 0 Å². The zero-order chi connectivity index (χ0) is 13.6. The molecule has 0 aliphatic carbocycles. The lowest BCUT2D eigenvalue weighted by molar-refractivity contribution is 0.303. The highest BCUT2D eigenvalue weighted by atomic mass is 35.9. The Balaban J connectivity index is 2.00. The first-order valence-electron chi connectivity index (χ1n) is 6.14. The minimum atomic E-state index is -2.68. The second kappa shape index (κ2) is 5.66. The first kappa shape index (κ1) is 15.5. The lowest BCUT2D eigenvalue weighted by Crippen LogP contribution is -2.28. The number of hydrogen-bond donors (Lipinski definition) is 2. The second-order valence-electron chi connectivity index (χ2n) is 4.59. The van der Waals surface area contributed by atoms with E-state index in [4.69, 9.17) is 42.8 Å². The summed E-state index contributed by atoms with van der Waals surface area (Å²) in [7, 11) is -2.48. The number of halogens is 3. The van der Waals surface area contributed by atoms with E-state index >= 15 is 0 Å². The molecular formula is C7H16Cl3N5OP3+. The van der Waals surface area contributed by atoms with Crippen LogP contribution in [0, 0.1) is 0 Å². The van der Waals surface area contributed by atoms with E-state index in [9.17, 15) is 0 Å². The molecular weight excluding hydrogens is 369 g/mol. The van der Waals surface area contributed by atoms with Crippen molar-refractivity contribution in [2.75, 3.05) is 26.2 Å². The standard InChI is InChI=1S/C7H16Cl3N5OP3/c8-17(9)12-18(10,15-5-1-2-6-15)14-19(13-17)11-4-3-7-16-19/h11-12H,1-7H2/q+1/t18-,19?/m1/s1. The van der Waals surface area contributed by atoms with Gasteiger partial charge in [0, 0.05) is 19.6 Å². The SMILES string of the molecule is ClP1(Cl)=N[P+]2(N=[P@](Cl)(N3CCCC3)N1)NCCCO2. The predicted molar refractivity (Wildman–Crippen MR) is 85.7 cm³/mol. The van der Waals surface area contributed by atoms with Gasteiger partial charge in [-0.15, -0.1) is 5.09 Å². The van der Waals surface area contributed by atoms with Gasteiger partial charge in [-0.2, -0.15) is 9.38 Å². The molecule has 0 radical (unpaired) electrons. The average molecular weight is 386 g/mol. The van der Waals surface area contributed by atoms with Gasteiger partial charge in [0.15, 0.2) is 0 Å². The van der Waals surface area contributed by atoms with Crippen LogP contribution in [0.4, 0.5) is 0 Å². The number of rotatable bonds is 1. The van der Waals surface area contributed by atoms with E-state index in [1.807, 2.05) is 0 Å². The lowest BCUT2D eigenvalue weighted by atomic mass is 10.4.